The number of hydrogen-bond donors (Lipinski definition) is 2. The standard InChI is InChI=1S/C18H23N7OS.ClH/c1-11-10-14(12(2)25(11)18-20-8-9-27-18)16(26)22-17-21-15(23-24(17)3)13-4-6-19-7-5-13;/h8-10,13,19H,4-7H2,1-3H3,(H,21,22,23,26);1H. The predicted molar refractivity (Wildman–Crippen MR) is 112 cm³/mol. The lowest BCUT2D eigenvalue weighted by Gasteiger charge is -2.19. The lowest BCUT2D eigenvalue weighted by Crippen LogP contribution is -2.27. The van der Waals surface area contributed by atoms with E-state index in [1.54, 1.807) is 22.2 Å². The van der Waals surface area contributed by atoms with Gasteiger partial charge in [-0.1, -0.05) is 0 Å². The highest BCUT2D eigenvalue weighted by Gasteiger charge is 2.23. The van der Waals surface area contributed by atoms with E-state index in [2.05, 4.69) is 25.7 Å². The van der Waals surface area contributed by atoms with Crippen LogP contribution < -0.4 is 10.6 Å². The van der Waals surface area contributed by atoms with Crippen LogP contribution in [-0.2, 0) is 7.05 Å². The molecule has 10 heteroatoms. The van der Waals surface area contributed by atoms with E-state index in [1.807, 2.05) is 36.9 Å². The maximum atomic E-state index is 12.9. The largest absolute Gasteiger partial charge is 0.317 e. The fourth-order valence-corrected chi connectivity index (χ4v) is 4.30. The Morgan fingerprint density at radius 1 is 1.32 bits per heavy atom. The lowest BCUT2D eigenvalue weighted by molar-refractivity contribution is 0.102. The van der Waals surface area contributed by atoms with Crippen LogP contribution in [0.2, 0.25) is 0 Å². The Morgan fingerprint density at radius 3 is 2.75 bits per heavy atom. The van der Waals surface area contributed by atoms with Crippen LogP contribution in [0.15, 0.2) is 17.6 Å². The molecule has 3 aromatic heterocycles. The summed E-state index contributed by atoms with van der Waals surface area (Å²) in [7, 11) is 1.81. The minimum Gasteiger partial charge on any atom is -0.317 e. The molecule has 4 heterocycles. The van der Waals surface area contributed by atoms with E-state index in [0.29, 0.717) is 17.4 Å². The van der Waals surface area contributed by atoms with Crippen molar-refractivity contribution in [1.82, 2.24) is 29.6 Å². The first-order valence-electron chi connectivity index (χ1n) is 9.06. The predicted octanol–water partition coefficient (Wildman–Crippen LogP) is 2.82. The molecule has 4 rings (SSSR count). The van der Waals surface area contributed by atoms with Gasteiger partial charge < -0.3 is 5.32 Å². The van der Waals surface area contributed by atoms with E-state index < -0.39 is 0 Å². The topological polar surface area (TPSA) is 89.7 Å². The summed E-state index contributed by atoms with van der Waals surface area (Å²) >= 11 is 1.54. The highest BCUT2D eigenvalue weighted by molar-refractivity contribution is 7.12. The molecule has 0 saturated carbocycles. The Labute approximate surface area is 173 Å². The summed E-state index contributed by atoms with van der Waals surface area (Å²) in [4.78, 5) is 21.8. The summed E-state index contributed by atoms with van der Waals surface area (Å²) in [6, 6.07) is 1.89. The van der Waals surface area contributed by atoms with Gasteiger partial charge in [-0.15, -0.1) is 23.7 Å². The Hall–Kier alpha value is -2.23. The molecule has 0 aromatic carbocycles. The molecule has 0 aliphatic carbocycles. The Balaban J connectivity index is 0.00000225. The molecule has 1 amide bonds. The van der Waals surface area contributed by atoms with Gasteiger partial charge in [-0.05, 0) is 45.8 Å². The van der Waals surface area contributed by atoms with Crippen molar-refractivity contribution in [3.05, 3.63) is 40.4 Å². The summed E-state index contributed by atoms with van der Waals surface area (Å²) in [5, 5.41) is 13.6. The van der Waals surface area contributed by atoms with Gasteiger partial charge in [0.1, 0.15) is 0 Å². The molecule has 0 bridgehead atoms. The molecule has 3 aromatic rings. The monoisotopic (exact) mass is 421 g/mol. The zero-order chi connectivity index (χ0) is 19.0. The van der Waals surface area contributed by atoms with E-state index in [9.17, 15) is 4.79 Å². The first-order chi connectivity index (χ1) is 13.0. The average Bonchev–Trinajstić information content (AvgIpc) is 3.37. The number of thiazole rings is 1. The number of nitrogens with one attached hydrogen (secondary N) is 2. The molecular weight excluding hydrogens is 398 g/mol. The van der Waals surface area contributed by atoms with Crippen LogP contribution in [0.4, 0.5) is 5.95 Å². The van der Waals surface area contributed by atoms with Crippen LogP contribution >= 0.6 is 23.7 Å². The number of rotatable bonds is 4. The number of carbonyl (C=O) groups is 1. The van der Waals surface area contributed by atoms with Crippen LogP contribution in [0.1, 0.15) is 46.3 Å². The molecule has 0 unspecified atom stereocenters. The lowest BCUT2D eigenvalue weighted by atomic mass is 9.98. The normalized spacial score (nSPS) is 14.7. The summed E-state index contributed by atoms with van der Waals surface area (Å²) in [5.74, 6) is 1.45. The highest BCUT2D eigenvalue weighted by atomic mass is 35.5. The first kappa shape index (κ1) is 20.5. The van der Waals surface area contributed by atoms with Crippen molar-refractivity contribution in [2.45, 2.75) is 32.6 Å². The quantitative estimate of drug-likeness (QED) is 0.676. The van der Waals surface area contributed by atoms with E-state index >= 15 is 0 Å². The Bertz CT molecular complexity index is 957. The van der Waals surface area contributed by atoms with Gasteiger partial charge in [-0.25, -0.2) is 9.67 Å². The Kier molecular flexibility index (Phi) is 6.17. The molecule has 2 N–H and O–H groups in total. The van der Waals surface area contributed by atoms with Crippen LogP contribution in [0, 0.1) is 13.8 Å². The molecule has 1 aliphatic heterocycles. The van der Waals surface area contributed by atoms with Crippen LogP contribution in [0.3, 0.4) is 0 Å². The number of halogens is 1. The molecule has 1 saturated heterocycles. The van der Waals surface area contributed by atoms with Gasteiger partial charge in [0.05, 0.1) is 5.56 Å². The molecular formula is C18H24ClN7OS. The average molecular weight is 422 g/mol. The van der Waals surface area contributed by atoms with Gasteiger partial charge in [0.2, 0.25) is 5.95 Å². The second-order valence-corrected chi connectivity index (χ2v) is 7.70. The molecule has 1 aliphatic rings. The molecule has 1 fully saturated rings. The smallest absolute Gasteiger partial charge is 0.259 e. The summed E-state index contributed by atoms with van der Waals surface area (Å²) in [5.41, 5.74) is 2.45. The maximum Gasteiger partial charge on any atom is 0.259 e. The van der Waals surface area contributed by atoms with Crippen LogP contribution in [-0.4, -0.2) is 43.3 Å². The number of carbonyl (C=O) groups excluding carboxylic acids is 1. The van der Waals surface area contributed by atoms with Crippen LogP contribution in [0.5, 0.6) is 0 Å². The van der Waals surface area contributed by atoms with Gasteiger partial charge >= 0.3 is 0 Å². The zero-order valence-corrected chi connectivity index (χ0v) is 17.7. The molecule has 28 heavy (non-hydrogen) atoms. The first-order valence-corrected chi connectivity index (χ1v) is 9.94. The van der Waals surface area contributed by atoms with Crippen molar-refractivity contribution < 1.29 is 4.79 Å². The van der Waals surface area contributed by atoms with Gasteiger partial charge in [-0.3, -0.25) is 14.7 Å². The Morgan fingerprint density at radius 2 is 2.07 bits per heavy atom. The van der Waals surface area contributed by atoms with Gasteiger partial charge in [0.25, 0.3) is 5.91 Å². The van der Waals surface area contributed by atoms with Crippen LogP contribution in [0.25, 0.3) is 5.13 Å². The third-order valence-electron chi connectivity index (χ3n) is 5.00. The zero-order valence-electron chi connectivity index (χ0n) is 16.1. The number of aryl methyl sites for hydroxylation is 2. The third-order valence-corrected chi connectivity index (χ3v) is 5.75. The van der Waals surface area contributed by atoms with Gasteiger partial charge in [0, 0.05) is 35.9 Å². The highest BCUT2D eigenvalue weighted by Crippen LogP contribution is 2.25. The molecule has 0 atom stereocenters. The maximum absolute atomic E-state index is 12.9. The van der Waals surface area contributed by atoms with Crippen molar-refractivity contribution in [3.8, 4) is 5.13 Å². The van der Waals surface area contributed by atoms with E-state index in [-0.39, 0.29) is 18.3 Å². The number of nitrogens with zero attached hydrogens (tertiary/aromatic N) is 5. The summed E-state index contributed by atoms with van der Waals surface area (Å²) in [6.07, 6.45) is 3.80. The molecule has 0 spiro atoms. The van der Waals surface area contributed by atoms with Gasteiger partial charge in [0.15, 0.2) is 11.0 Å². The number of anilines is 1. The number of aromatic nitrogens is 5. The minimum absolute atomic E-state index is 0. The fraction of sp³-hybridized carbons (Fsp3) is 0.444. The molecule has 150 valence electrons. The molecule has 8 nitrogen and oxygen atoms in total. The van der Waals surface area contributed by atoms with E-state index in [0.717, 1.165) is 48.3 Å². The summed E-state index contributed by atoms with van der Waals surface area (Å²) in [6.45, 7) is 5.86. The fourth-order valence-electron chi connectivity index (χ4n) is 3.55. The van der Waals surface area contributed by atoms with E-state index in [4.69, 9.17) is 0 Å². The number of piperidine rings is 1. The number of hydrogen-bond acceptors (Lipinski definition) is 6. The van der Waals surface area contributed by atoms with Crippen molar-refractivity contribution in [2.75, 3.05) is 18.4 Å². The second kappa shape index (κ2) is 8.42. The summed E-state index contributed by atoms with van der Waals surface area (Å²) < 4.78 is 3.64. The second-order valence-electron chi connectivity index (χ2n) is 6.83. The van der Waals surface area contributed by atoms with Crippen molar-refractivity contribution in [1.29, 1.82) is 0 Å². The van der Waals surface area contributed by atoms with E-state index in [1.165, 1.54) is 0 Å². The van der Waals surface area contributed by atoms with Crippen molar-refractivity contribution in [2.24, 2.45) is 7.05 Å². The van der Waals surface area contributed by atoms with Crippen molar-refractivity contribution in [3.63, 3.8) is 0 Å². The SMILES string of the molecule is Cc1cc(C(=O)Nc2nc(C3CCNCC3)nn2C)c(C)n1-c1nccs1.Cl. The van der Waals surface area contributed by atoms with Gasteiger partial charge in [-0.2, -0.15) is 10.1 Å². The van der Waals surface area contributed by atoms with Crippen molar-refractivity contribution >= 4 is 35.6 Å². The number of amides is 1. The molecule has 0 radical (unpaired) electrons. The minimum atomic E-state index is -0.182. The third kappa shape index (κ3) is 3.82.